The predicted molar refractivity (Wildman–Crippen MR) is 32.9 cm³/mol. The van der Waals surface area contributed by atoms with E-state index in [0.29, 0.717) is 11.7 Å². The van der Waals surface area contributed by atoms with Crippen LogP contribution in [0.5, 0.6) is 0 Å². The molecule has 1 heteroatoms. The van der Waals surface area contributed by atoms with Gasteiger partial charge in [-0.25, -0.2) is 0 Å². The van der Waals surface area contributed by atoms with Crippen molar-refractivity contribution in [3.63, 3.8) is 0 Å². The van der Waals surface area contributed by atoms with Crippen LogP contribution in [0.2, 0.25) is 0 Å². The number of allylic oxidation sites excluding steroid dienone is 2. The molecule has 0 spiro atoms. The van der Waals surface area contributed by atoms with E-state index in [1.165, 1.54) is 0 Å². The van der Waals surface area contributed by atoms with Gasteiger partial charge in [-0.05, 0) is 18.9 Å². The Kier molecular flexibility index (Phi) is 3.33. The highest BCUT2D eigenvalue weighted by Crippen LogP contribution is 2.00. The van der Waals surface area contributed by atoms with Crippen LogP contribution < -0.4 is 0 Å². The molecule has 0 aliphatic heterocycles. The van der Waals surface area contributed by atoms with Crippen molar-refractivity contribution in [1.29, 1.82) is 0 Å². The maximum absolute atomic E-state index is 6.43. The van der Waals surface area contributed by atoms with Crippen LogP contribution in [0.25, 0.3) is 0 Å². The van der Waals surface area contributed by atoms with Crippen LogP contribution >= 0.6 is 0 Å². The molecular formula is C7H11O. The Bertz CT molecular complexity index is 82.4. The Morgan fingerprint density at radius 2 is 2.12 bits per heavy atom. The molecule has 3 radical (unpaired) electrons. The molecule has 0 aliphatic carbocycles. The summed E-state index contributed by atoms with van der Waals surface area (Å²) in [7, 11) is 6.43. The average Bonchev–Trinajstić information content (AvgIpc) is 1.65. The number of rotatable bonds is 2. The lowest BCUT2D eigenvalue weighted by molar-refractivity contribution is 0.340. The van der Waals surface area contributed by atoms with Gasteiger partial charge in [0.2, 0.25) is 0 Å². The molecule has 1 nitrogen and oxygen atoms in total. The van der Waals surface area contributed by atoms with Crippen LogP contribution in [-0.2, 0) is 4.74 Å². The van der Waals surface area contributed by atoms with E-state index in [9.17, 15) is 0 Å². The molecule has 0 aromatic heterocycles. The highest BCUT2D eigenvalue weighted by Gasteiger charge is 1.87. The van der Waals surface area contributed by atoms with Crippen LogP contribution in [0.4, 0.5) is 0 Å². The Labute approximate surface area is 51.4 Å². The van der Waals surface area contributed by atoms with Crippen molar-refractivity contribution in [3.8, 4) is 0 Å². The fraction of sp³-hybridized carbons (Fsp3) is 0.571. The molecule has 0 amide bonds. The minimum atomic E-state index is 0.473. The monoisotopic (exact) mass is 111 g/mol. The zero-order valence-corrected chi connectivity index (χ0v) is 5.56. The smallest absolute Gasteiger partial charge is 0.252 e. The molecule has 0 bridgehead atoms. The molecule has 0 aromatic carbocycles. The Balaban J connectivity index is 3.56. The summed E-state index contributed by atoms with van der Waals surface area (Å²) in [6, 6.07) is 0. The molecule has 0 heterocycles. The predicted octanol–water partition coefficient (Wildman–Crippen LogP) is 2.11. The Morgan fingerprint density at radius 1 is 1.62 bits per heavy atom. The maximum Gasteiger partial charge on any atom is 0.252 e. The Hall–Kier alpha value is -0.460. The molecule has 0 saturated heterocycles. The number of hydrogen-bond donors (Lipinski definition) is 0. The van der Waals surface area contributed by atoms with Crippen LogP contribution in [0, 0.1) is 13.0 Å². The lowest BCUT2D eigenvalue weighted by Crippen LogP contribution is -1.83. The van der Waals surface area contributed by atoms with Gasteiger partial charge in [0, 0.05) is 0 Å². The third kappa shape index (κ3) is 3.72. The standard InChI is InChI=1S/C7H11O/c1-6(2)5-7(3)8-4/h5-6H,1-3H3. The Morgan fingerprint density at radius 3 is 2.25 bits per heavy atom. The lowest BCUT2D eigenvalue weighted by atomic mass is 10.2. The fourth-order valence-electron chi connectivity index (χ4n) is 0.503. The second kappa shape index (κ2) is 3.53. The second-order valence-electron chi connectivity index (χ2n) is 2.12. The average molecular weight is 111 g/mol. The van der Waals surface area contributed by atoms with Crippen molar-refractivity contribution < 1.29 is 4.74 Å². The minimum absolute atomic E-state index is 0.473. The van der Waals surface area contributed by atoms with Crippen LogP contribution in [0.1, 0.15) is 20.8 Å². The highest BCUT2D eigenvalue weighted by molar-refractivity contribution is 4.90. The van der Waals surface area contributed by atoms with Crippen molar-refractivity contribution in [2.45, 2.75) is 20.8 Å². The van der Waals surface area contributed by atoms with Gasteiger partial charge < -0.3 is 4.74 Å². The van der Waals surface area contributed by atoms with Gasteiger partial charge in [-0.1, -0.05) is 13.8 Å². The fourth-order valence-corrected chi connectivity index (χ4v) is 0.503. The summed E-state index contributed by atoms with van der Waals surface area (Å²) in [4.78, 5) is 0. The first kappa shape index (κ1) is 7.54. The molecule has 0 saturated carbocycles. The van der Waals surface area contributed by atoms with Crippen molar-refractivity contribution in [2.75, 3.05) is 0 Å². The normalized spacial score (nSPS) is 12.4. The van der Waals surface area contributed by atoms with Crippen molar-refractivity contribution in [1.82, 2.24) is 0 Å². The summed E-state index contributed by atoms with van der Waals surface area (Å²) < 4.78 is 4.17. The van der Waals surface area contributed by atoms with Gasteiger partial charge >= 0.3 is 0 Å². The van der Waals surface area contributed by atoms with E-state index in [-0.39, 0.29) is 0 Å². The summed E-state index contributed by atoms with van der Waals surface area (Å²) in [6.45, 7) is 5.86. The second-order valence-corrected chi connectivity index (χ2v) is 2.12. The van der Waals surface area contributed by atoms with E-state index in [4.69, 9.17) is 7.11 Å². The van der Waals surface area contributed by atoms with E-state index in [2.05, 4.69) is 4.74 Å². The summed E-state index contributed by atoms with van der Waals surface area (Å²) in [5, 5.41) is 0. The zero-order valence-electron chi connectivity index (χ0n) is 5.56. The van der Waals surface area contributed by atoms with Gasteiger partial charge in [0.05, 0.1) is 5.76 Å². The molecule has 45 valence electrons. The molecule has 0 unspecified atom stereocenters. The van der Waals surface area contributed by atoms with E-state index in [1.54, 1.807) is 6.92 Å². The molecule has 0 fully saturated rings. The highest BCUT2D eigenvalue weighted by atomic mass is 16.5. The molecule has 0 atom stereocenters. The SMILES string of the molecule is [C]OC(C)=CC(C)C. The lowest BCUT2D eigenvalue weighted by Gasteiger charge is -1.97. The van der Waals surface area contributed by atoms with Gasteiger partial charge in [0.15, 0.2) is 0 Å². The molecule has 0 N–H and O–H groups in total. The minimum Gasteiger partial charge on any atom is -0.478 e. The first-order chi connectivity index (χ1) is 3.66. The molecule has 0 aliphatic rings. The summed E-state index contributed by atoms with van der Waals surface area (Å²) in [6.07, 6.45) is 1.90. The third-order valence-corrected chi connectivity index (χ3v) is 0.729. The van der Waals surface area contributed by atoms with Crippen molar-refractivity contribution >= 4 is 0 Å². The van der Waals surface area contributed by atoms with Crippen LogP contribution in [0.3, 0.4) is 0 Å². The van der Waals surface area contributed by atoms with E-state index < -0.39 is 0 Å². The van der Waals surface area contributed by atoms with Gasteiger partial charge in [-0.3, -0.25) is 0 Å². The molecule has 0 rings (SSSR count). The van der Waals surface area contributed by atoms with Gasteiger partial charge in [0.1, 0.15) is 0 Å². The molecular weight excluding hydrogens is 100 g/mol. The van der Waals surface area contributed by atoms with E-state index >= 15 is 0 Å². The molecule has 0 aromatic rings. The van der Waals surface area contributed by atoms with Gasteiger partial charge in [-0.2, -0.15) is 0 Å². The first-order valence-corrected chi connectivity index (χ1v) is 2.68. The summed E-state index contributed by atoms with van der Waals surface area (Å²) in [5.41, 5.74) is 0. The van der Waals surface area contributed by atoms with Gasteiger partial charge in [-0.15, -0.1) is 0 Å². The van der Waals surface area contributed by atoms with Crippen molar-refractivity contribution in [3.05, 3.63) is 18.9 Å². The summed E-state index contributed by atoms with van der Waals surface area (Å²) in [5.74, 6) is 1.14. The van der Waals surface area contributed by atoms with Crippen molar-refractivity contribution in [2.24, 2.45) is 5.92 Å². The number of ether oxygens (including phenoxy) is 1. The van der Waals surface area contributed by atoms with E-state index in [1.807, 2.05) is 19.9 Å². The largest absolute Gasteiger partial charge is 0.478 e. The molecule has 8 heavy (non-hydrogen) atoms. The maximum atomic E-state index is 6.43. The van der Waals surface area contributed by atoms with Gasteiger partial charge in [0.25, 0.3) is 7.11 Å². The first-order valence-electron chi connectivity index (χ1n) is 2.68. The third-order valence-electron chi connectivity index (χ3n) is 0.729. The van der Waals surface area contributed by atoms with E-state index in [0.717, 1.165) is 0 Å². The van der Waals surface area contributed by atoms with Crippen LogP contribution in [0.15, 0.2) is 11.8 Å². The topological polar surface area (TPSA) is 9.23 Å². The van der Waals surface area contributed by atoms with Crippen LogP contribution in [-0.4, -0.2) is 0 Å². The quantitative estimate of drug-likeness (QED) is 0.496. The zero-order chi connectivity index (χ0) is 6.57. The number of hydrogen-bond acceptors (Lipinski definition) is 1. The summed E-state index contributed by atoms with van der Waals surface area (Å²) >= 11 is 0.